The van der Waals surface area contributed by atoms with E-state index in [0.29, 0.717) is 6.54 Å². The topological polar surface area (TPSA) is 61.9 Å². The average Bonchev–Trinajstić information content (AvgIpc) is 2.47. The molecule has 0 amide bonds. The summed E-state index contributed by atoms with van der Waals surface area (Å²) >= 11 is 0. The molecule has 1 aliphatic heterocycles. The van der Waals surface area contributed by atoms with Crippen LogP contribution < -0.4 is 5.56 Å². The van der Waals surface area contributed by atoms with Gasteiger partial charge in [-0.25, -0.2) is 4.98 Å². The third kappa shape index (κ3) is 3.50. The zero-order valence-corrected chi connectivity index (χ0v) is 14.3. The molecule has 1 N–H and O–H groups in total. The van der Waals surface area contributed by atoms with Crippen LogP contribution in [0.1, 0.15) is 49.2 Å². The minimum atomic E-state index is -0.142. The molecule has 0 aromatic carbocycles. The Morgan fingerprint density at radius 2 is 2.04 bits per heavy atom. The van der Waals surface area contributed by atoms with Crippen LogP contribution in [0.4, 0.5) is 0 Å². The van der Waals surface area contributed by atoms with Gasteiger partial charge in [0.2, 0.25) is 0 Å². The fourth-order valence-electron chi connectivity index (χ4n) is 2.89. The van der Waals surface area contributed by atoms with E-state index in [1.54, 1.807) is 0 Å². The number of aryl methyl sites for hydroxylation is 1. The van der Waals surface area contributed by atoms with Crippen molar-refractivity contribution >= 4 is 0 Å². The zero-order valence-electron chi connectivity index (χ0n) is 14.3. The van der Waals surface area contributed by atoms with Crippen molar-refractivity contribution in [3.63, 3.8) is 0 Å². The fraction of sp³-hybridized carbons (Fsp3) is 0.500. The Morgan fingerprint density at radius 1 is 1.26 bits per heavy atom. The van der Waals surface area contributed by atoms with Crippen LogP contribution in [0.2, 0.25) is 0 Å². The van der Waals surface area contributed by atoms with Crippen molar-refractivity contribution < 1.29 is 0 Å². The van der Waals surface area contributed by atoms with Gasteiger partial charge in [-0.05, 0) is 19.1 Å². The van der Waals surface area contributed by atoms with Crippen molar-refractivity contribution in [1.82, 2.24) is 19.9 Å². The van der Waals surface area contributed by atoms with Gasteiger partial charge in [-0.1, -0.05) is 26.8 Å². The second-order valence-electron chi connectivity index (χ2n) is 7.32. The number of hydrogen-bond donors (Lipinski definition) is 1. The van der Waals surface area contributed by atoms with Gasteiger partial charge in [0.15, 0.2) is 0 Å². The summed E-state index contributed by atoms with van der Waals surface area (Å²) in [5, 5.41) is 0. The first-order valence-corrected chi connectivity index (χ1v) is 8.10. The van der Waals surface area contributed by atoms with Crippen molar-refractivity contribution in [1.29, 1.82) is 0 Å². The minimum absolute atomic E-state index is 0.00169. The van der Waals surface area contributed by atoms with Crippen molar-refractivity contribution in [2.75, 3.05) is 6.54 Å². The van der Waals surface area contributed by atoms with Crippen LogP contribution in [0.3, 0.4) is 0 Å². The molecule has 23 heavy (non-hydrogen) atoms. The van der Waals surface area contributed by atoms with Gasteiger partial charge in [-0.15, -0.1) is 0 Å². The maximum Gasteiger partial charge on any atom is 0.255 e. The first kappa shape index (κ1) is 15.9. The summed E-state index contributed by atoms with van der Waals surface area (Å²) in [6.45, 7) is 10.5. The molecule has 122 valence electrons. The maximum atomic E-state index is 12.4. The molecule has 2 aromatic heterocycles. The van der Waals surface area contributed by atoms with Gasteiger partial charge in [-0.2, -0.15) is 0 Å². The average molecular weight is 312 g/mol. The standard InChI is InChI=1S/C18H24N4O/c1-12-6-5-7-13(19-12)10-22-9-8-15-14(11-22)16(23)21-17(20-15)18(2,3)4/h5-7H,8-11H2,1-4H3,(H,20,21,23). The molecule has 0 aliphatic carbocycles. The van der Waals surface area contributed by atoms with Crippen LogP contribution in [0.25, 0.3) is 0 Å². The highest BCUT2D eigenvalue weighted by atomic mass is 16.1. The molecule has 3 heterocycles. The highest BCUT2D eigenvalue weighted by molar-refractivity contribution is 5.23. The minimum Gasteiger partial charge on any atom is -0.310 e. The molecule has 3 rings (SSSR count). The molecule has 1 aliphatic rings. The maximum absolute atomic E-state index is 12.4. The van der Waals surface area contributed by atoms with Crippen molar-refractivity contribution in [2.45, 2.75) is 52.6 Å². The lowest BCUT2D eigenvalue weighted by Gasteiger charge is -2.28. The van der Waals surface area contributed by atoms with Gasteiger partial charge < -0.3 is 4.98 Å². The SMILES string of the molecule is Cc1cccc(CN2CCc3nc(C(C)(C)C)[nH]c(=O)c3C2)n1. The molecular weight excluding hydrogens is 288 g/mol. The normalized spacial score (nSPS) is 15.5. The number of aromatic amines is 1. The number of fused-ring (bicyclic) bond motifs is 1. The lowest BCUT2D eigenvalue weighted by atomic mass is 9.95. The van der Waals surface area contributed by atoms with Gasteiger partial charge in [0.25, 0.3) is 5.56 Å². The first-order valence-electron chi connectivity index (χ1n) is 8.10. The summed E-state index contributed by atoms with van der Waals surface area (Å²) in [4.78, 5) is 26.9. The van der Waals surface area contributed by atoms with Crippen LogP contribution >= 0.6 is 0 Å². The van der Waals surface area contributed by atoms with Gasteiger partial charge in [0.1, 0.15) is 5.82 Å². The number of nitrogens with one attached hydrogen (secondary N) is 1. The van der Waals surface area contributed by atoms with Crippen LogP contribution in [0.15, 0.2) is 23.0 Å². The van der Waals surface area contributed by atoms with E-state index in [-0.39, 0.29) is 11.0 Å². The Labute approximate surface area is 136 Å². The van der Waals surface area contributed by atoms with Gasteiger partial charge in [-0.3, -0.25) is 14.7 Å². The molecule has 5 nitrogen and oxygen atoms in total. The predicted octanol–water partition coefficient (Wildman–Crippen LogP) is 2.33. The number of aromatic nitrogens is 3. The van der Waals surface area contributed by atoms with Crippen molar-refractivity contribution in [3.8, 4) is 0 Å². The molecular formula is C18H24N4O. The van der Waals surface area contributed by atoms with Crippen LogP contribution in [0, 0.1) is 6.92 Å². The van der Waals surface area contributed by atoms with Gasteiger partial charge in [0, 0.05) is 37.2 Å². The largest absolute Gasteiger partial charge is 0.310 e. The quantitative estimate of drug-likeness (QED) is 0.924. The number of pyridine rings is 1. The molecule has 0 unspecified atom stereocenters. The molecule has 0 spiro atoms. The Balaban J connectivity index is 1.83. The van der Waals surface area contributed by atoms with Crippen molar-refractivity contribution in [3.05, 3.63) is 57.0 Å². The van der Waals surface area contributed by atoms with E-state index < -0.39 is 0 Å². The lowest BCUT2D eigenvalue weighted by Crippen LogP contribution is -2.37. The van der Waals surface area contributed by atoms with E-state index in [9.17, 15) is 4.79 Å². The van der Waals surface area contributed by atoms with E-state index in [2.05, 4.69) is 35.6 Å². The Morgan fingerprint density at radius 3 is 2.74 bits per heavy atom. The summed E-state index contributed by atoms with van der Waals surface area (Å²) in [6, 6.07) is 6.06. The van der Waals surface area contributed by atoms with Gasteiger partial charge in [0.05, 0.1) is 17.0 Å². The number of rotatable bonds is 2. The highest BCUT2D eigenvalue weighted by Gasteiger charge is 2.24. The predicted molar refractivity (Wildman–Crippen MR) is 90.3 cm³/mol. The van der Waals surface area contributed by atoms with Crippen LogP contribution in [-0.4, -0.2) is 26.4 Å². The lowest BCUT2D eigenvalue weighted by molar-refractivity contribution is 0.238. The van der Waals surface area contributed by atoms with E-state index in [1.165, 1.54) is 0 Å². The van der Waals surface area contributed by atoms with E-state index in [0.717, 1.165) is 48.0 Å². The number of H-pyrrole nitrogens is 1. The Bertz CT molecular complexity index is 773. The molecule has 0 atom stereocenters. The zero-order chi connectivity index (χ0) is 16.6. The summed E-state index contributed by atoms with van der Waals surface area (Å²) in [5.41, 5.74) is 3.68. The van der Waals surface area contributed by atoms with E-state index in [4.69, 9.17) is 4.98 Å². The second-order valence-corrected chi connectivity index (χ2v) is 7.32. The molecule has 2 aromatic rings. The molecule has 0 bridgehead atoms. The van der Waals surface area contributed by atoms with Gasteiger partial charge >= 0.3 is 0 Å². The van der Waals surface area contributed by atoms with E-state index >= 15 is 0 Å². The Hall–Kier alpha value is -2.01. The van der Waals surface area contributed by atoms with Crippen molar-refractivity contribution in [2.24, 2.45) is 0 Å². The fourth-order valence-corrected chi connectivity index (χ4v) is 2.89. The smallest absolute Gasteiger partial charge is 0.255 e. The van der Waals surface area contributed by atoms with E-state index in [1.807, 2.05) is 25.1 Å². The molecule has 0 radical (unpaired) electrons. The summed E-state index contributed by atoms with van der Waals surface area (Å²) in [5.74, 6) is 0.773. The summed E-state index contributed by atoms with van der Waals surface area (Å²) in [6.07, 6.45) is 0.814. The summed E-state index contributed by atoms with van der Waals surface area (Å²) in [7, 11) is 0. The molecule has 0 saturated carbocycles. The van der Waals surface area contributed by atoms with Crippen LogP contribution in [-0.2, 0) is 24.9 Å². The third-order valence-electron chi connectivity index (χ3n) is 4.19. The number of hydrogen-bond acceptors (Lipinski definition) is 4. The summed E-state index contributed by atoms with van der Waals surface area (Å²) < 4.78 is 0. The second kappa shape index (κ2) is 5.89. The monoisotopic (exact) mass is 312 g/mol. The highest BCUT2D eigenvalue weighted by Crippen LogP contribution is 2.21. The molecule has 0 fully saturated rings. The number of nitrogens with zero attached hydrogens (tertiary/aromatic N) is 3. The first-order chi connectivity index (χ1) is 10.8. The molecule has 0 saturated heterocycles. The molecule has 5 heteroatoms. The van der Waals surface area contributed by atoms with Crippen LogP contribution in [0.5, 0.6) is 0 Å². The Kier molecular flexibility index (Phi) is 4.06. The third-order valence-corrected chi connectivity index (χ3v) is 4.19.